The number of hydrogen-bond acceptors (Lipinski definition) is 2. The SMILES string of the molecule is Cc1cccc(Cc2nc3cccnc3n2C2CC2)c1. The fraction of sp³-hybridized carbons (Fsp3) is 0.294. The fourth-order valence-corrected chi connectivity index (χ4v) is 2.82. The van der Waals surface area contributed by atoms with Crippen LogP contribution < -0.4 is 0 Å². The molecule has 1 aliphatic carbocycles. The summed E-state index contributed by atoms with van der Waals surface area (Å²) in [5.41, 5.74) is 4.68. The summed E-state index contributed by atoms with van der Waals surface area (Å²) in [5, 5.41) is 0. The standard InChI is InChI=1S/C17H17N3/c1-12-4-2-5-13(10-12)11-16-19-15-6-3-9-18-17(15)20(16)14-7-8-14/h2-6,9-10,14H,7-8,11H2,1H3. The third-order valence-electron chi connectivity index (χ3n) is 3.88. The second kappa shape index (κ2) is 4.44. The van der Waals surface area contributed by atoms with Gasteiger partial charge >= 0.3 is 0 Å². The Morgan fingerprint density at radius 3 is 2.90 bits per heavy atom. The van der Waals surface area contributed by atoms with Crippen molar-refractivity contribution in [2.45, 2.75) is 32.2 Å². The van der Waals surface area contributed by atoms with E-state index in [0.29, 0.717) is 6.04 Å². The summed E-state index contributed by atoms with van der Waals surface area (Å²) in [6.45, 7) is 2.13. The van der Waals surface area contributed by atoms with Gasteiger partial charge in [0.2, 0.25) is 0 Å². The lowest BCUT2D eigenvalue weighted by molar-refractivity contribution is 0.709. The van der Waals surface area contributed by atoms with Crippen molar-refractivity contribution < 1.29 is 0 Å². The van der Waals surface area contributed by atoms with Gasteiger partial charge in [0.1, 0.15) is 11.3 Å². The van der Waals surface area contributed by atoms with Crippen molar-refractivity contribution in [3.63, 3.8) is 0 Å². The molecule has 3 aromatic rings. The lowest BCUT2D eigenvalue weighted by Crippen LogP contribution is -2.03. The molecule has 0 unspecified atom stereocenters. The maximum Gasteiger partial charge on any atom is 0.160 e. The zero-order chi connectivity index (χ0) is 13.5. The number of imidazole rings is 1. The number of hydrogen-bond donors (Lipinski definition) is 0. The highest BCUT2D eigenvalue weighted by Gasteiger charge is 2.28. The average Bonchev–Trinajstić information content (AvgIpc) is 3.20. The molecule has 3 heteroatoms. The van der Waals surface area contributed by atoms with E-state index in [4.69, 9.17) is 4.98 Å². The number of rotatable bonds is 3. The largest absolute Gasteiger partial charge is 0.309 e. The zero-order valence-electron chi connectivity index (χ0n) is 11.6. The van der Waals surface area contributed by atoms with E-state index < -0.39 is 0 Å². The molecule has 1 aromatic carbocycles. The molecule has 100 valence electrons. The highest BCUT2D eigenvalue weighted by Crippen LogP contribution is 2.38. The summed E-state index contributed by atoms with van der Waals surface area (Å²) >= 11 is 0. The first-order valence-electron chi connectivity index (χ1n) is 7.18. The minimum Gasteiger partial charge on any atom is -0.309 e. The monoisotopic (exact) mass is 263 g/mol. The normalized spacial score (nSPS) is 14.8. The van der Waals surface area contributed by atoms with Crippen LogP contribution in [0.1, 0.15) is 35.8 Å². The van der Waals surface area contributed by atoms with Crippen LogP contribution in [0.5, 0.6) is 0 Å². The molecule has 20 heavy (non-hydrogen) atoms. The van der Waals surface area contributed by atoms with E-state index in [1.54, 1.807) is 0 Å². The minimum atomic E-state index is 0.606. The smallest absolute Gasteiger partial charge is 0.160 e. The molecular formula is C17H17N3. The van der Waals surface area contributed by atoms with Crippen molar-refractivity contribution in [1.82, 2.24) is 14.5 Å². The lowest BCUT2D eigenvalue weighted by atomic mass is 10.1. The van der Waals surface area contributed by atoms with Crippen LogP contribution >= 0.6 is 0 Å². The zero-order valence-corrected chi connectivity index (χ0v) is 11.6. The Bertz CT molecular complexity index is 769. The first kappa shape index (κ1) is 11.6. The van der Waals surface area contributed by atoms with Crippen LogP contribution in [0.15, 0.2) is 42.6 Å². The second-order valence-corrected chi connectivity index (χ2v) is 5.64. The van der Waals surface area contributed by atoms with Crippen LogP contribution in [-0.4, -0.2) is 14.5 Å². The Kier molecular flexibility index (Phi) is 2.59. The Morgan fingerprint density at radius 1 is 1.20 bits per heavy atom. The lowest BCUT2D eigenvalue weighted by Gasteiger charge is -2.07. The van der Waals surface area contributed by atoms with E-state index in [1.807, 2.05) is 12.3 Å². The Labute approximate surface area is 118 Å². The quantitative estimate of drug-likeness (QED) is 0.722. The molecule has 0 amide bonds. The number of nitrogens with zero attached hydrogens (tertiary/aromatic N) is 3. The molecule has 0 atom stereocenters. The first-order chi connectivity index (χ1) is 9.81. The van der Waals surface area contributed by atoms with Gasteiger partial charge in [-0.3, -0.25) is 0 Å². The Hall–Kier alpha value is -2.16. The molecule has 1 fully saturated rings. The highest BCUT2D eigenvalue weighted by atomic mass is 15.2. The molecular weight excluding hydrogens is 246 g/mol. The number of fused-ring (bicyclic) bond motifs is 1. The summed E-state index contributed by atoms with van der Waals surface area (Å²) < 4.78 is 2.34. The van der Waals surface area contributed by atoms with Crippen molar-refractivity contribution in [3.05, 3.63) is 59.5 Å². The predicted octanol–water partition coefficient (Wildman–Crippen LogP) is 3.67. The van der Waals surface area contributed by atoms with Crippen molar-refractivity contribution in [2.24, 2.45) is 0 Å². The van der Waals surface area contributed by atoms with Crippen LogP contribution in [-0.2, 0) is 6.42 Å². The molecule has 0 N–H and O–H groups in total. The van der Waals surface area contributed by atoms with Gasteiger partial charge in [0, 0.05) is 18.7 Å². The van der Waals surface area contributed by atoms with Gasteiger partial charge in [0.25, 0.3) is 0 Å². The number of pyridine rings is 1. The summed E-state index contributed by atoms with van der Waals surface area (Å²) in [6.07, 6.45) is 5.25. The molecule has 4 rings (SSSR count). The summed E-state index contributed by atoms with van der Waals surface area (Å²) in [4.78, 5) is 9.32. The number of benzene rings is 1. The van der Waals surface area contributed by atoms with Gasteiger partial charge in [-0.05, 0) is 37.5 Å². The van der Waals surface area contributed by atoms with Gasteiger partial charge < -0.3 is 4.57 Å². The Morgan fingerprint density at radius 2 is 2.10 bits per heavy atom. The minimum absolute atomic E-state index is 0.606. The van der Waals surface area contributed by atoms with Crippen molar-refractivity contribution in [2.75, 3.05) is 0 Å². The second-order valence-electron chi connectivity index (χ2n) is 5.64. The predicted molar refractivity (Wildman–Crippen MR) is 79.8 cm³/mol. The van der Waals surface area contributed by atoms with Crippen molar-refractivity contribution >= 4 is 11.2 Å². The highest BCUT2D eigenvalue weighted by molar-refractivity contribution is 5.71. The summed E-state index contributed by atoms with van der Waals surface area (Å²) in [7, 11) is 0. The molecule has 1 aliphatic rings. The van der Waals surface area contributed by atoms with Crippen molar-refractivity contribution in [3.8, 4) is 0 Å². The third-order valence-corrected chi connectivity index (χ3v) is 3.88. The number of aromatic nitrogens is 3. The molecule has 0 saturated heterocycles. The van der Waals surface area contributed by atoms with E-state index in [0.717, 1.165) is 23.4 Å². The van der Waals surface area contributed by atoms with Crippen molar-refractivity contribution in [1.29, 1.82) is 0 Å². The van der Waals surface area contributed by atoms with Gasteiger partial charge in [-0.25, -0.2) is 9.97 Å². The van der Waals surface area contributed by atoms with Gasteiger partial charge in [-0.2, -0.15) is 0 Å². The summed E-state index contributed by atoms with van der Waals surface area (Å²) in [5.74, 6) is 1.15. The first-order valence-corrected chi connectivity index (χ1v) is 7.18. The maximum atomic E-state index is 4.80. The number of aryl methyl sites for hydroxylation is 1. The van der Waals surface area contributed by atoms with Crippen LogP contribution in [0.25, 0.3) is 11.2 Å². The fourth-order valence-electron chi connectivity index (χ4n) is 2.82. The molecule has 0 spiro atoms. The molecule has 0 radical (unpaired) electrons. The van der Waals surface area contributed by atoms with E-state index >= 15 is 0 Å². The molecule has 0 bridgehead atoms. The molecule has 2 heterocycles. The topological polar surface area (TPSA) is 30.7 Å². The maximum absolute atomic E-state index is 4.80. The van der Waals surface area contributed by atoms with Crippen LogP contribution in [0.3, 0.4) is 0 Å². The third kappa shape index (κ3) is 1.99. The van der Waals surface area contributed by atoms with E-state index in [9.17, 15) is 0 Å². The molecule has 1 saturated carbocycles. The van der Waals surface area contributed by atoms with E-state index in [-0.39, 0.29) is 0 Å². The van der Waals surface area contributed by atoms with Crippen LogP contribution in [0, 0.1) is 6.92 Å². The molecule has 0 aliphatic heterocycles. The van der Waals surface area contributed by atoms with Gasteiger partial charge in [0.15, 0.2) is 5.65 Å². The van der Waals surface area contributed by atoms with E-state index in [1.165, 1.54) is 24.0 Å². The molecule has 3 nitrogen and oxygen atoms in total. The van der Waals surface area contributed by atoms with Gasteiger partial charge in [-0.1, -0.05) is 29.8 Å². The van der Waals surface area contributed by atoms with E-state index in [2.05, 4.69) is 46.8 Å². The van der Waals surface area contributed by atoms with Gasteiger partial charge in [0.05, 0.1) is 0 Å². The van der Waals surface area contributed by atoms with Crippen LogP contribution in [0.4, 0.5) is 0 Å². The summed E-state index contributed by atoms with van der Waals surface area (Å²) in [6, 6.07) is 13.3. The van der Waals surface area contributed by atoms with Gasteiger partial charge in [-0.15, -0.1) is 0 Å². The molecule has 2 aromatic heterocycles. The van der Waals surface area contributed by atoms with Crippen LogP contribution in [0.2, 0.25) is 0 Å². The average molecular weight is 263 g/mol. The Balaban J connectivity index is 1.81.